The summed E-state index contributed by atoms with van der Waals surface area (Å²) < 4.78 is 75.9. The van der Waals surface area contributed by atoms with Crippen LogP contribution >= 0.6 is 0 Å². The van der Waals surface area contributed by atoms with Crippen LogP contribution in [0, 0.1) is 0 Å². The molecule has 0 spiro atoms. The smallest absolute Gasteiger partial charge is 0.392 e. The molecular weight excluding hydrogens is 304 g/mol. The number of aliphatic hydroxyl groups excluding tert-OH is 1. The van der Waals surface area contributed by atoms with Crippen molar-refractivity contribution >= 4 is 5.70 Å². The van der Waals surface area contributed by atoms with E-state index >= 15 is 0 Å². The molecule has 116 valence electrons. The SMILES string of the molecule is OCc1cn(C2=CNC(C(F)(F)F)C=C2)nc1C(F)(F)F. The zero-order chi connectivity index (χ0) is 15.8. The van der Waals surface area contributed by atoms with Crippen LogP contribution in [0.25, 0.3) is 5.70 Å². The highest BCUT2D eigenvalue weighted by molar-refractivity contribution is 5.58. The average molecular weight is 313 g/mol. The van der Waals surface area contributed by atoms with Crippen LogP contribution in [0.15, 0.2) is 24.5 Å². The minimum Gasteiger partial charge on any atom is -0.392 e. The Hall–Kier alpha value is -1.97. The lowest BCUT2D eigenvalue weighted by molar-refractivity contribution is -0.142. The fourth-order valence-electron chi connectivity index (χ4n) is 1.72. The van der Waals surface area contributed by atoms with Crippen molar-refractivity contribution in [1.82, 2.24) is 15.1 Å². The van der Waals surface area contributed by atoms with Gasteiger partial charge in [-0.15, -0.1) is 0 Å². The van der Waals surface area contributed by atoms with E-state index < -0.39 is 36.3 Å². The summed E-state index contributed by atoms with van der Waals surface area (Å²) in [7, 11) is 0. The molecule has 0 amide bonds. The monoisotopic (exact) mass is 313 g/mol. The fourth-order valence-corrected chi connectivity index (χ4v) is 1.72. The van der Waals surface area contributed by atoms with Gasteiger partial charge in [0.05, 0.1) is 12.3 Å². The summed E-state index contributed by atoms with van der Waals surface area (Å²) in [5.41, 5.74) is -1.76. The Morgan fingerprint density at radius 2 is 1.90 bits per heavy atom. The molecule has 1 aliphatic heterocycles. The number of aromatic nitrogens is 2. The largest absolute Gasteiger partial charge is 0.435 e. The number of nitrogens with zero attached hydrogens (tertiary/aromatic N) is 2. The summed E-state index contributed by atoms with van der Waals surface area (Å²) in [6.07, 6.45) is -5.67. The van der Waals surface area contributed by atoms with Crippen LogP contribution < -0.4 is 5.32 Å². The number of nitrogens with one attached hydrogen (secondary N) is 1. The molecular formula is C11H9F6N3O. The summed E-state index contributed by atoms with van der Waals surface area (Å²) >= 11 is 0. The first-order chi connectivity index (χ1) is 9.63. The van der Waals surface area contributed by atoms with Gasteiger partial charge >= 0.3 is 12.4 Å². The van der Waals surface area contributed by atoms with Crippen molar-refractivity contribution in [2.24, 2.45) is 0 Å². The fraction of sp³-hybridized carbons (Fsp3) is 0.364. The maximum Gasteiger partial charge on any atom is 0.435 e. The zero-order valence-electron chi connectivity index (χ0n) is 10.2. The first kappa shape index (κ1) is 15.4. The first-order valence-corrected chi connectivity index (χ1v) is 5.61. The van der Waals surface area contributed by atoms with Crippen LogP contribution in [-0.2, 0) is 12.8 Å². The number of alkyl halides is 6. The molecule has 21 heavy (non-hydrogen) atoms. The van der Waals surface area contributed by atoms with Crippen LogP contribution in [0.4, 0.5) is 26.3 Å². The topological polar surface area (TPSA) is 50.1 Å². The van der Waals surface area contributed by atoms with Crippen molar-refractivity contribution in [2.75, 3.05) is 0 Å². The van der Waals surface area contributed by atoms with Crippen LogP contribution in [0.3, 0.4) is 0 Å². The maximum atomic E-state index is 12.6. The molecule has 0 saturated carbocycles. The second kappa shape index (κ2) is 5.10. The van der Waals surface area contributed by atoms with Gasteiger partial charge in [0, 0.05) is 18.0 Å². The van der Waals surface area contributed by atoms with Gasteiger partial charge in [0.15, 0.2) is 5.69 Å². The third kappa shape index (κ3) is 3.20. The van der Waals surface area contributed by atoms with E-state index in [-0.39, 0.29) is 5.70 Å². The van der Waals surface area contributed by atoms with Gasteiger partial charge in [-0.1, -0.05) is 6.08 Å². The van der Waals surface area contributed by atoms with Crippen molar-refractivity contribution in [3.63, 3.8) is 0 Å². The Kier molecular flexibility index (Phi) is 3.74. The predicted octanol–water partition coefficient (Wildman–Crippen LogP) is 2.28. The van der Waals surface area contributed by atoms with Gasteiger partial charge in [-0.05, 0) is 6.08 Å². The number of allylic oxidation sites excluding steroid dienone is 2. The van der Waals surface area contributed by atoms with Crippen LogP contribution in [0.5, 0.6) is 0 Å². The molecule has 1 aromatic rings. The summed E-state index contributed by atoms with van der Waals surface area (Å²) in [5, 5.41) is 14.2. The normalized spacial score (nSPS) is 19.4. The van der Waals surface area contributed by atoms with Gasteiger partial charge in [-0.3, -0.25) is 0 Å². The lowest BCUT2D eigenvalue weighted by Gasteiger charge is -2.21. The van der Waals surface area contributed by atoms with E-state index in [1.807, 2.05) is 5.32 Å². The molecule has 2 N–H and O–H groups in total. The molecule has 0 fully saturated rings. The maximum absolute atomic E-state index is 12.6. The van der Waals surface area contributed by atoms with Crippen molar-refractivity contribution in [1.29, 1.82) is 0 Å². The van der Waals surface area contributed by atoms with E-state index in [4.69, 9.17) is 5.11 Å². The number of halogens is 6. The second-order valence-corrected chi connectivity index (χ2v) is 4.22. The lowest BCUT2D eigenvalue weighted by atomic mass is 10.2. The quantitative estimate of drug-likeness (QED) is 0.824. The molecule has 1 unspecified atom stereocenters. The Bertz CT molecular complexity index is 584. The summed E-state index contributed by atoms with van der Waals surface area (Å²) in [5.74, 6) is 0. The van der Waals surface area contributed by atoms with Gasteiger partial charge in [0.25, 0.3) is 0 Å². The first-order valence-electron chi connectivity index (χ1n) is 5.61. The molecule has 4 nitrogen and oxygen atoms in total. The van der Waals surface area contributed by atoms with Gasteiger partial charge in [0.2, 0.25) is 0 Å². The van der Waals surface area contributed by atoms with E-state index in [9.17, 15) is 26.3 Å². The van der Waals surface area contributed by atoms with Crippen molar-refractivity contribution in [3.8, 4) is 0 Å². The van der Waals surface area contributed by atoms with E-state index in [2.05, 4.69) is 5.10 Å². The lowest BCUT2D eigenvalue weighted by Crippen LogP contribution is -2.39. The highest BCUT2D eigenvalue weighted by Gasteiger charge is 2.39. The third-order valence-corrected chi connectivity index (χ3v) is 2.72. The zero-order valence-corrected chi connectivity index (χ0v) is 10.2. The number of dihydropyridines is 1. The van der Waals surface area contributed by atoms with Crippen molar-refractivity contribution in [2.45, 2.75) is 25.0 Å². The molecule has 0 saturated heterocycles. The average Bonchev–Trinajstić information content (AvgIpc) is 2.82. The van der Waals surface area contributed by atoms with Gasteiger partial charge in [-0.25, -0.2) is 4.68 Å². The molecule has 1 aliphatic rings. The highest BCUT2D eigenvalue weighted by Crippen LogP contribution is 2.32. The molecule has 0 aliphatic carbocycles. The van der Waals surface area contributed by atoms with Gasteiger partial charge in [0.1, 0.15) is 6.04 Å². The number of hydrogen-bond acceptors (Lipinski definition) is 3. The molecule has 10 heteroatoms. The van der Waals surface area contributed by atoms with Crippen LogP contribution in [0.2, 0.25) is 0 Å². The Morgan fingerprint density at radius 3 is 2.29 bits per heavy atom. The number of hydrogen-bond donors (Lipinski definition) is 2. The van der Waals surface area contributed by atoms with E-state index in [0.717, 1.165) is 29.2 Å². The number of rotatable bonds is 2. The Balaban J connectivity index is 2.28. The Morgan fingerprint density at radius 1 is 1.24 bits per heavy atom. The second-order valence-electron chi connectivity index (χ2n) is 4.22. The molecule has 1 atom stereocenters. The summed E-state index contributed by atoms with van der Waals surface area (Å²) in [6.45, 7) is -0.884. The molecule has 1 aromatic heterocycles. The summed E-state index contributed by atoms with van der Waals surface area (Å²) in [6, 6.07) is -1.91. The predicted molar refractivity (Wildman–Crippen MR) is 59.5 cm³/mol. The molecule has 0 aromatic carbocycles. The number of aliphatic hydroxyl groups is 1. The Labute approximate surface area is 114 Å². The molecule has 0 bridgehead atoms. The van der Waals surface area contributed by atoms with Crippen molar-refractivity contribution < 1.29 is 31.4 Å². The van der Waals surface area contributed by atoms with E-state index in [0.29, 0.717) is 0 Å². The molecule has 0 radical (unpaired) electrons. The standard InChI is InChI=1S/C11H9F6N3O/c12-10(13,14)8-2-1-7(3-18-8)20-4-6(5-21)9(19-20)11(15,16)17/h1-4,8,18,21H,5H2. The van der Waals surface area contributed by atoms with E-state index in [1.165, 1.54) is 0 Å². The van der Waals surface area contributed by atoms with Crippen molar-refractivity contribution in [3.05, 3.63) is 35.8 Å². The molecule has 2 rings (SSSR count). The van der Waals surface area contributed by atoms with Crippen LogP contribution in [-0.4, -0.2) is 27.1 Å². The summed E-state index contributed by atoms with van der Waals surface area (Å²) in [4.78, 5) is 0. The van der Waals surface area contributed by atoms with Gasteiger partial charge < -0.3 is 10.4 Å². The van der Waals surface area contributed by atoms with E-state index in [1.54, 1.807) is 0 Å². The minimum atomic E-state index is -4.76. The highest BCUT2D eigenvalue weighted by atomic mass is 19.4. The third-order valence-electron chi connectivity index (χ3n) is 2.72. The van der Waals surface area contributed by atoms with Gasteiger partial charge in [-0.2, -0.15) is 31.4 Å². The molecule has 2 heterocycles. The van der Waals surface area contributed by atoms with Crippen LogP contribution in [0.1, 0.15) is 11.3 Å². The minimum absolute atomic E-state index is 0.0132.